The highest BCUT2D eigenvalue weighted by atomic mass is 16.5. The number of rotatable bonds is 4. The predicted octanol–water partition coefficient (Wildman–Crippen LogP) is 3.33. The van der Waals surface area contributed by atoms with Crippen LogP contribution < -0.4 is 4.74 Å². The number of benzene rings is 1. The first-order valence-electron chi connectivity index (χ1n) is 9.46. The van der Waals surface area contributed by atoms with E-state index >= 15 is 0 Å². The van der Waals surface area contributed by atoms with E-state index in [1.54, 1.807) is 16.9 Å². The van der Waals surface area contributed by atoms with Crippen LogP contribution in [0.4, 0.5) is 0 Å². The number of carbonyl (C=O) groups excluding carboxylic acids is 1. The van der Waals surface area contributed by atoms with Gasteiger partial charge in [-0.15, -0.1) is 0 Å². The molecule has 0 radical (unpaired) electrons. The molecule has 1 aliphatic rings. The van der Waals surface area contributed by atoms with Crippen molar-refractivity contribution < 1.29 is 9.53 Å². The molecule has 1 fully saturated rings. The molecule has 4 rings (SSSR count). The Morgan fingerprint density at radius 3 is 2.75 bits per heavy atom. The van der Waals surface area contributed by atoms with Crippen molar-refractivity contribution in [2.24, 2.45) is 7.05 Å². The zero-order valence-electron chi connectivity index (χ0n) is 16.1. The highest BCUT2D eigenvalue weighted by Gasteiger charge is 2.28. The number of likely N-dealkylation sites (tertiary alicyclic amines) is 1. The molecule has 3 aromatic rings. The Morgan fingerprint density at radius 1 is 1.18 bits per heavy atom. The number of para-hydroxylation sites is 1. The maximum absolute atomic E-state index is 12.7. The molecule has 7 heteroatoms. The van der Waals surface area contributed by atoms with Gasteiger partial charge in [-0.1, -0.05) is 18.2 Å². The summed E-state index contributed by atoms with van der Waals surface area (Å²) < 4.78 is 7.54. The molecule has 0 spiro atoms. The monoisotopic (exact) mass is 377 g/mol. The zero-order valence-corrected chi connectivity index (χ0v) is 16.1. The van der Waals surface area contributed by atoms with E-state index in [1.165, 1.54) is 0 Å². The van der Waals surface area contributed by atoms with Crippen LogP contribution in [-0.2, 0) is 7.05 Å². The number of amides is 1. The topological polar surface area (TPSA) is 73.1 Å². The van der Waals surface area contributed by atoms with Crippen LogP contribution in [0.25, 0.3) is 0 Å². The highest BCUT2D eigenvalue weighted by molar-refractivity contribution is 5.92. The van der Waals surface area contributed by atoms with Crippen LogP contribution in [0.3, 0.4) is 0 Å². The summed E-state index contributed by atoms with van der Waals surface area (Å²) in [6, 6.07) is 13.2. The van der Waals surface area contributed by atoms with Crippen LogP contribution in [0.2, 0.25) is 0 Å². The van der Waals surface area contributed by atoms with Gasteiger partial charge in [-0.05, 0) is 38.0 Å². The third kappa shape index (κ3) is 4.03. The van der Waals surface area contributed by atoms with Gasteiger partial charge in [0, 0.05) is 44.0 Å². The number of carbonyl (C=O) groups is 1. The summed E-state index contributed by atoms with van der Waals surface area (Å²) in [4.78, 5) is 23.8. The Balaban J connectivity index is 1.52. The van der Waals surface area contributed by atoms with Crippen molar-refractivity contribution in [2.75, 3.05) is 13.1 Å². The summed E-state index contributed by atoms with van der Waals surface area (Å²) in [5.41, 5.74) is 1.32. The molecule has 144 valence electrons. The summed E-state index contributed by atoms with van der Waals surface area (Å²) in [7, 11) is 1.81. The smallest absolute Gasteiger partial charge is 0.274 e. The van der Waals surface area contributed by atoms with Crippen molar-refractivity contribution >= 4 is 5.91 Å². The van der Waals surface area contributed by atoms with Gasteiger partial charge in [0.1, 0.15) is 17.3 Å². The molecular weight excluding hydrogens is 354 g/mol. The lowest BCUT2D eigenvalue weighted by Gasteiger charge is -2.31. The van der Waals surface area contributed by atoms with Gasteiger partial charge in [-0.25, -0.2) is 4.98 Å². The predicted molar refractivity (Wildman–Crippen MR) is 104 cm³/mol. The minimum absolute atomic E-state index is 0.0429. The zero-order chi connectivity index (χ0) is 19.5. The number of ether oxygens (including phenoxy) is 1. The third-order valence-corrected chi connectivity index (χ3v) is 4.82. The first-order chi connectivity index (χ1) is 13.6. The summed E-state index contributed by atoms with van der Waals surface area (Å²) >= 11 is 0. The molecule has 2 aromatic heterocycles. The summed E-state index contributed by atoms with van der Waals surface area (Å²) in [6.45, 7) is 3.25. The Hall–Kier alpha value is -3.22. The second kappa shape index (κ2) is 7.80. The molecule has 3 heterocycles. The quantitative estimate of drug-likeness (QED) is 0.697. The molecule has 0 unspecified atom stereocenters. The standard InChI is InChI=1S/C21H23N5O2/c1-15-13-19(28-17-8-4-3-5-9-17)23-20(22-15)16-7-6-11-26(14-16)21(27)18-10-12-25(2)24-18/h3-5,8-10,12-13,16H,6-7,11,14H2,1-2H3/t16-/m1/s1. The summed E-state index contributed by atoms with van der Waals surface area (Å²) in [6.07, 6.45) is 3.64. The average molecular weight is 377 g/mol. The van der Waals surface area contributed by atoms with E-state index < -0.39 is 0 Å². The van der Waals surface area contributed by atoms with E-state index in [2.05, 4.69) is 15.1 Å². The van der Waals surface area contributed by atoms with Gasteiger partial charge >= 0.3 is 0 Å². The van der Waals surface area contributed by atoms with Crippen molar-refractivity contribution in [1.82, 2.24) is 24.6 Å². The Labute approximate surface area is 164 Å². The van der Waals surface area contributed by atoms with E-state index in [0.29, 0.717) is 18.1 Å². The largest absolute Gasteiger partial charge is 0.439 e. The number of hydrogen-bond donors (Lipinski definition) is 0. The molecule has 1 amide bonds. The lowest BCUT2D eigenvalue weighted by molar-refractivity contribution is 0.0697. The van der Waals surface area contributed by atoms with Gasteiger partial charge in [-0.3, -0.25) is 9.48 Å². The maximum atomic E-state index is 12.7. The number of aryl methyl sites for hydroxylation is 2. The number of piperidine rings is 1. The van der Waals surface area contributed by atoms with Crippen molar-refractivity contribution in [2.45, 2.75) is 25.7 Å². The molecule has 1 aliphatic heterocycles. The fourth-order valence-electron chi connectivity index (χ4n) is 3.47. The normalized spacial score (nSPS) is 16.8. The summed E-state index contributed by atoms with van der Waals surface area (Å²) in [5.74, 6) is 2.03. The molecular formula is C21H23N5O2. The molecule has 1 atom stereocenters. The minimum atomic E-state index is -0.0429. The fourth-order valence-corrected chi connectivity index (χ4v) is 3.47. The van der Waals surface area contributed by atoms with Crippen molar-refractivity contribution in [3.05, 3.63) is 65.9 Å². The number of hydrogen-bond acceptors (Lipinski definition) is 5. The third-order valence-electron chi connectivity index (χ3n) is 4.82. The SMILES string of the molecule is Cc1cc(Oc2ccccc2)nc([C@@H]2CCCN(C(=O)c3ccn(C)n3)C2)n1. The van der Waals surface area contributed by atoms with Gasteiger partial charge in [0.25, 0.3) is 5.91 Å². The van der Waals surface area contributed by atoms with Crippen LogP contribution in [-0.4, -0.2) is 43.6 Å². The van der Waals surface area contributed by atoms with Gasteiger partial charge in [0.05, 0.1) is 0 Å². The van der Waals surface area contributed by atoms with Crippen LogP contribution in [0, 0.1) is 6.92 Å². The molecule has 1 saturated heterocycles. The highest BCUT2D eigenvalue weighted by Crippen LogP contribution is 2.28. The van der Waals surface area contributed by atoms with Crippen molar-refractivity contribution in [3.63, 3.8) is 0 Å². The van der Waals surface area contributed by atoms with Crippen LogP contribution in [0.5, 0.6) is 11.6 Å². The van der Waals surface area contributed by atoms with Gasteiger partial charge in [0.15, 0.2) is 0 Å². The second-order valence-electron chi connectivity index (χ2n) is 7.09. The van der Waals surface area contributed by atoms with Crippen LogP contribution >= 0.6 is 0 Å². The van der Waals surface area contributed by atoms with Gasteiger partial charge in [0.2, 0.25) is 5.88 Å². The molecule has 7 nitrogen and oxygen atoms in total. The fraction of sp³-hybridized carbons (Fsp3) is 0.333. The lowest BCUT2D eigenvalue weighted by atomic mass is 9.96. The first-order valence-corrected chi connectivity index (χ1v) is 9.46. The lowest BCUT2D eigenvalue weighted by Crippen LogP contribution is -2.39. The average Bonchev–Trinajstić information content (AvgIpc) is 3.14. The van der Waals surface area contributed by atoms with Crippen LogP contribution in [0.1, 0.15) is 40.8 Å². The molecule has 0 aliphatic carbocycles. The van der Waals surface area contributed by atoms with Gasteiger partial charge < -0.3 is 9.64 Å². The Morgan fingerprint density at radius 2 is 2.00 bits per heavy atom. The number of nitrogens with zero attached hydrogens (tertiary/aromatic N) is 5. The van der Waals surface area contributed by atoms with Crippen LogP contribution in [0.15, 0.2) is 48.7 Å². The summed E-state index contributed by atoms with van der Waals surface area (Å²) in [5, 5.41) is 4.23. The molecule has 0 saturated carbocycles. The van der Waals surface area contributed by atoms with Gasteiger partial charge in [-0.2, -0.15) is 10.1 Å². The van der Waals surface area contributed by atoms with Crippen molar-refractivity contribution in [3.8, 4) is 11.6 Å². The first kappa shape index (κ1) is 18.2. The van der Waals surface area contributed by atoms with E-state index in [1.807, 2.05) is 55.3 Å². The van der Waals surface area contributed by atoms with E-state index in [4.69, 9.17) is 4.74 Å². The minimum Gasteiger partial charge on any atom is -0.439 e. The molecule has 0 N–H and O–H groups in total. The molecule has 1 aromatic carbocycles. The second-order valence-corrected chi connectivity index (χ2v) is 7.09. The molecule has 0 bridgehead atoms. The molecule has 28 heavy (non-hydrogen) atoms. The Kier molecular flexibility index (Phi) is 5.06. The maximum Gasteiger partial charge on any atom is 0.274 e. The van der Waals surface area contributed by atoms with E-state index in [0.717, 1.165) is 36.7 Å². The Bertz CT molecular complexity index is 970. The van der Waals surface area contributed by atoms with E-state index in [-0.39, 0.29) is 11.8 Å². The van der Waals surface area contributed by atoms with Crippen molar-refractivity contribution in [1.29, 1.82) is 0 Å². The van der Waals surface area contributed by atoms with E-state index in [9.17, 15) is 4.79 Å². The number of aromatic nitrogens is 4.